The monoisotopic (exact) mass is 401 g/mol. The van der Waals surface area contributed by atoms with Crippen LogP contribution in [-0.2, 0) is 16.0 Å². The number of carbonyl (C=O) groups excluding carboxylic acids is 2. The highest BCUT2D eigenvalue weighted by atomic mass is 16.6. The number of amides is 2. The summed E-state index contributed by atoms with van der Waals surface area (Å²) < 4.78 is 10.8. The summed E-state index contributed by atoms with van der Waals surface area (Å²) in [7, 11) is 0. The van der Waals surface area contributed by atoms with Crippen molar-refractivity contribution in [3.63, 3.8) is 0 Å². The lowest BCUT2D eigenvalue weighted by Gasteiger charge is -2.47. The Morgan fingerprint density at radius 3 is 2.86 bits per heavy atom. The van der Waals surface area contributed by atoms with E-state index in [-0.39, 0.29) is 36.0 Å². The van der Waals surface area contributed by atoms with Gasteiger partial charge in [-0.3, -0.25) is 9.89 Å². The van der Waals surface area contributed by atoms with Crippen LogP contribution in [0.5, 0.6) is 0 Å². The molecule has 3 heterocycles. The first-order valence-electron chi connectivity index (χ1n) is 10.1. The molecule has 29 heavy (non-hydrogen) atoms. The third-order valence-electron chi connectivity index (χ3n) is 5.87. The fourth-order valence-electron chi connectivity index (χ4n) is 4.00. The second-order valence-corrected chi connectivity index (χ2v) is 8.60. The van der Waals surface area contributed by atoms with E-state index in [1.807, 2.05) is 13.0 Å². The molecule has 2 aromatic heterocycles. The number of nitrogens with zero attached hydrogens (tertiary/aromatic N) is 3. The highest BCUT2D eigenvalue weighted by Crippen LogP contribution is 2.37. The normalized spacial score (nSPS) is 22.9. The van der Waals surface area contributed by atoms with E-state index in [4.69, 9.17) is 9.26 Å². The Kier molecular flexibility index (Phi) is 5.06. The van der Waals surface area contributed by atoms with E-state index in [2.05, 4.69) is 34.5 Å². The molecule has 0 bridgehead atoms. The standard InChI is InChI=1S/C20H27N5O4/c1-12-8-15(29-24-12)10-18(26)21-17-11-16(22-23-17)13-4-5-14(9-13)28-19(27)25-7-6-20(25,2)3/h8,11,13-14H,4-7,9-10H2,1-3H3,(H2,21,22,23,26). The average Bonchev–Trinajstić information content (AvgIpc) is 3.36. The number of rotatable bonds is 5. The van der Waals surface area contributed by atoms with Crippen molar-refractivity contribution in [1.29, 1.82) is 0 Å². The molecule has 1 aliphatic heterocycles. The van der Waals surface area contributed by atoms with Gasteiger partial charge >= 0.3 is 6.09 Å². The zero-order valence-corrected chi connectivity index (χ0v) is 17.0. The molecule has 9 nitrogen and oxygen atoms in total. The van der Waals surface area contributed by atoms with Gasteiger partial charge in [-0.05, 0) is 46.5 Å². The largest absolute Gasteiger partial charge is 0.446 e. The van der Waals surface area contributed by atoms with E-state index in [1.165, 1.54) is 0 Å². The van der Waals surface area contributed by atoms with Crippen LogP contribution in [0.15, 0.2) is 16.7 Å². The molecule has 156 valence electrons. The van der Waals surface area contributed by atoms with Gasteiger partial charge in [0.05, 0.1) is 12.1 Å². The summed E-state index contributed by atoms with van der Waals surface area (Å²) >= 11 is 0. The molecule has 2 N–H and O–H groups in total. The number of ether oxygens (including phenoxy) is 1. The Hall–Kier alpha value is -2.84. The predicted molar refractivity (Wildman–Crippen MR) is 104 cm³/mol. The van der Waals surface area contributed by atoms with Crippen molar-refractivity contribution in [2.75, 3.05) is 11.9 Å². The Morgan fingerprint density at radius 2 is 2.21 bits per heavy atom. The molecule has 9 heteroatoms. The summed E-state index contributed by atoms with van der Waals surface area (Å²) in [5.74, 6) is 1.01. The van der Waals surface area contributed by atoms with Crippen LogP contribution in [0.1, 0.15) is 62.6 Å². The summed E-state index contributed by atoms with van der Waals surface area (Å²) in [5.41, 5.74) is 1.58. The number of aromatic nitrogens is 3. The molecule has 2 amide bonds. The summed E-state index contributed by atoms with van der Waals surface area (Å²) in [4.78, 5) is 26.3. The van der Waals surface area contributed by atoms with Crippen LogP contribution in [-0.4, -0.2) is 50.4 Å². The maximum Gasteiger partial charge on any atom is 0.410 e. The van der Waals surface area contributed by atoms with Crippen molar-refractivity contribution in [2.45, 2.75) is 70.4 Å². The third-order valence-corrected chi connectivity index (χ3v) is 5.87. The number of likely N-dealkylation sites (tertiary alicyclic amines) is 1. The van der Waals surface area contributed by atoms with Gasteiger partial charge in [-0.15, -0.1) is 0 Å². The van der Waals surface area contributed by atoms with E-state index >= 15 is 0 Å². The first-order chi connectivity index (χ1) is 13.8. The molecule has 0 spiro atoms. The van der Waals surface area contributed by atoms with Gasteiger partial charge < -0.3 is 19.5 Å². The van der Waals surface area contributed by atoms with Gasteiger partial charge in [0.25, 0.3) is 0 Å². The van der Waals surface area contributed by atoms with Crippen LogP contribution in [0.25, 0.3) is 0 Å². The number of hydrogen-bond donors (Lipinski definition) is 2. The molecule has 2 unspecified atom stereocenters. The summed E-state index contributed by atoms with van der Waals surface area (Å²) in [6.07, 6.45) is 3.31. The lowest BCUT2D eigenvalue weighted by molar-refractivity contribution is -0.115. The number of hydrogen-bond acceptors (Lipinski definition) is 6. The van der Waals surface area contributed by atoms with E-state index in [9.17, 15) is 9.59 Å². The van der Waals surface area contributed by atoms with Crippen molar-refractivity contribution in [1.82, 2.24) is 20.3 Å². The molecule has 1 aliphatic carbocycles. The number of anilines is 1. The molecular formula is C20H27N5O4. The molecule has 0 radical (unpaired) electrons. The van der Waals surface area contributed by atoms with Gasteiger partial charge in [0, 0.05) is 35.8 Å². The number of H-pyrrole nitrogens is 1. The number of carbonyl (C=O) groups is 2. The van der Waals surface area contributed by atoms with Crippen molar-refractivity contribution >= 4 is 17.8 Å². The molecule has 0 aromatic carbocycles. The Bertz CT molecular complexity index is 902. The van der Waals surface area contributed by atoms with Crippen molar-refractivity contribution in [3.8, 4) is 0 Å². The molecule has 2 fully saturated rings. The van der Waals surface area contributed by atoms with Gasteiger partial charge in [0.2, 0.25) is 5.91 Å². The minimum Gasteiger partial charge on any atom is -0.446 e. The maximum absolute atomic E-state index is 12.3. The lowest BCUT2D eigenvalue weighted by atomic mass is 9.90. The quantitative estimate of drug-likeness (QED) is 0.796. The maximum atomic E-state index is 12.3. The Morgan fingerprint density at radius 1 is 1.38 bits per heavy atom. The Labute approximate surface area is 169 Å². The van der Waals surface area contributed by atoms with Gasteiger partial charge in [-0.25, -0.2) is 4.79 Å². The van der Waals surface area contributed by atoms with Crippen LogP contribution in [0, 0.1) is 6.92 Å². The van der Waals surface area contributed by atoms with Crippen LogP contribution in [0.3, 0.4) is 0 Å². The van der Waals surface area contributed by atoms with E-state index in [0.29, 0.717) is 11.6 Å². The molecule has 2 aromatic rings. The summed E-state index contributed by atoms with van der Waals surface area (Å²) in [6.45, 7) is 6.68. The first-order valence-corrected chi connectivity index (χ1v) is 10.1. The second kappa shape index (κ2) is 7.53. The highest BCUT2D eigenvalue weighted by molar-refractivity contribution is 5.91. The minimum absolute atomic E-state index is 0.0834. The van der Waals surface area contributed by atoms with Gasteiger partial charge in [0.15, 0.2) is 5.82 Å². The predicted octanol–water partition coefficient (Wildman–Crippen LogP) is 3.14. The summed E-state index contributed by atoms with van der Waals surface area (Å²) in [6, 6.07) is 3.58. The highest BCUT2D eigenvalue weighted by Gasteiger charge is 2.41. The SMILES string of the molecule is Cc1cc(CC(=O)Nc2cc(C3CCC(OC(=O)N4CCC4(C)C)C3)[nH]n2)on1. The van der Waals surface area contributed by atoms with Gasteiger partial charge in [0.1, 0.15) is 11.9 Å². The first kappa shape index (κ1) is 19.5. The second-order valence-electron chi connectivity index (χ2n) is 8.60. The average molecular weight is 401 g/mol. The zero-order chi connectivity index (χ0) is 20.6. The van der Waals surface area contributed by atoms with E-state index in [1.54, 1.807) is 11.0 Å². The number of aromatic amines is 1. The van der Waals surface area contributed by atoms with Crippen LogP contribution >= 0.6 is 0 Å². The molecule has 1 saturated heterocycles. The van der Waals surface area contributed by atoms with Gasteiger partial charge in [-0.2, -0.15) is 5.10 Å². The van der Waals surface area contributed by atoms with Crippen LogP contribution < -0.4 is 5.32 Å². The molecule has 2 aliphatic rings. The molecule has 1 saturated carbocycles. The van der Waals surface area contributed by atoms with E-state index < -0.39 is 0 Å². The van der Waals surface area contributed by atoms with Crippen LogP contribution in [0.4, 0.5) is 10.6 Å². The molecular weight excluding hydrogens is 374 g/mol. The minimum atomic E-state index is -0.216. The van der Waals surface area contributed by atoms with Crippen molar-refractivity contribution in [3.05, 3.63) is 29.3 Å². The summed E-state index contributed by atoms with van der Waals surface area (Å²) in [5, 5.41) is 13.7. The Balaban J connectivity index is 1.27. The smallest absolute Gasteiger partial charge is 0.410 e. The van der Waals surface area contributed by atoms with Crippen molar-refractivity contribution < 1.29 is 18.8 Å². The fraction of sp³-hybridized carbons (Fsp3) is 0.600. The fourth-order valence-corrected chi connectivity index (χ4v) is 4.00. The molecule has 2 atom stereocenters. The number of aryl methyl sites for hydroxylation is 1. The van der Waals surface area contributed by atoms with Crippen LogP contribution in [0.2, 0.25) is 0 Å². The van der Waals surface area contributed by atoms with Crippen molar-refractivity contribution in [2.24, 2.45) is 0 Å². The topological polar surface area (TPSA) is 113 Å². The molecule has 4 rings (SSSR count). The van der Waals surface area contributed by atoms with E-state index in [0.717, 1.165) is 43.6 Å². The third kappa shape index (κ3) is 4.28. The number of nitrogens with one attached hydrogen (secondary N) is 2. The lowest BCUT2D eigenvalue weighted by Crippen LogP contribution is -2.58. The van der Waals surface area contributed by atoms with Gasteiger partial charge in [-0.1, -0.05) is 5.16 Å². The zero-order valence-electron chi connectivity index (χ0n) is 17.0.